The number of hydrogen-bond donors (Lipinski definition) is 1. The zero-order valence-electron chi connectivity index (χ0n) is 16.6. The molecule has 0 unspecified atom stereocenters. The summed E-state index contributed by atoms with van der Waals surface area (Å²) in [5.74, 6) is 1.58. The van der Waals surface area contributed by atoms with Gasteiger partial charge in [-0.2, -0.15) is 0 Å². The van der Waals surface area contributed by atoms with Gasteiger partial charge in [-0.3, -0.25) is 9.36 Å². The van der Waals surface area contributed by atoms with Crippen LogP contribution < -0.4 is 5.32 Å². The van der Waals surface area contributed by atoms with Crippen molar-refractivity contribution in [3.05, 3.63) is 69.5 Å². The Morgan fingerprint density at radius 1 is 1.20 bits per heavy atom. The lowest BCUT2D eigenvalue weighted by molar-refractivity contribution is -0.127. The van der Waals surface area contributed by atoms with Crippen molar-refractivity contribution in [2.75, 3.05) is 0 Å². The third-order valence-electron chi connectivity index (χ3n) is 5.20. The van der Waals surface area contributed by atoms with Gasteiger partial charge in [0.1, 0.15) is 0 Å². The monoisotopic (exact) mass is 460 g/mol. The van der Waals surface area contributed by atoms with Gasteiger partial charge in [0.25, 0.3) is 0 Å². The van der Waals surface area contributed by atoms with Crippen molar-refractivity contribution >= 4 is 40.9 Å². The number of aryl methyl sites for hydroxylation is 1. The fraction of sp³-hybridized carbons (Fsp3) is 0.318. The second-order valence-corrected chi connectivity index (χ2v) is 9.24. The van der Waals surface area contributed by atoms with Gasteiger partial charge in [-0.25, -0.2) is 0 Å². The van der Waals surface area contributed by atoms with E-state index in [-0.39, 0.29) is 11.8 Å². The molecule has 1 amide bonds. The summed E-state index contributed by atoms with van der Waals surface area (Å²) in [5, 5.41) is 13.5. The highest BCUT2D eigenvalue weighted by Crippen LogP contribution is 2.31. The van der Waals surface area contributed by atoms with Crippen LogP contribution in [-0.4, -0.2) is 20.7 Å². The minimum Gasteiger partial charge on any atom is -0.349 e. The van der Waals surface area contributed by atoms with Gasteiger partial charge in [0.15, 0.2) is 11.0 Å². The number of rotatable bonds is 7. The van der Waals surface area contributed by atoms with Gasteiger partial charge < -0.3 is 5.32 Å². The molecule has 0 aliphatic heterocycles. The van der Waals surface area contributed by atoms with Crippen LogP contribution in [0, 0.1) is 12.8 Å². The average Bonchev–Trinajstić information content (AvgIpc) is 3.06. The van der Waals surface area contributed by atoms with Gasteiger partial charge in [-0.15, -0.1) is 10.2 Å². The Bertz CT molecular complexity index is 1070. The summed E-state index contributed by atoms with van der Waals surface area (Å²) < 4.78 is 1.90. The Hall–Kier alpha value is -2.02. The van der Waals surface area contributed by atoms with Crippen LogP contribution in [0.5, 0.6) is 0 Å². The summed E-state index contributed by atoms with van der Waals surface area (Å²) in [4.78, 5) is 12.3. The molecule has 1 N–H and O–H groups in total. The first kappa shape index (κ1) is 21.2. The summed E-state index contributed by atoms with van der Waals surface area (Å²) in [6.07, 6.45) is 3.03. The quantitative estimate of drug-likeness (QED) is 0.466. The molecule has 0 spiro atoms. The maximum absolute atomic E-state index is 12.3. The summed E-state index contributed by atoms with van der Waals surface area (Å²) >= 11 is 14.2. The summed E-state index contributed by atoms with van der Waals surface area (Å²) in [6.45, 7) is 2.37. The maximum Gasteiger partial charge on any atom is 0.223 e. The van der Waals surface area contributed by atoms with Crippen LogP contribution in [0.25, 0.3) is 5.69 Å². The number of carbonyl (C=O) groups is 1. The predicted molar refractivity (Wildman–Crippen MR) is 121 cm³/mol. The smallest absolute Gasteiger partial charge is 0.223 e. The molecule has 1 aliphatic rings. The highest BCUT2D eigenvalue weighted by Gasteiger charge is 2.26. The van der Waals surface area contributed by atoms with E-state index in [9.17, 15) is 4.79 Å². The van der Waals surface area contributed by atoms with E-state index in [1.54, 1.807) is 23.9 Å². The lowest BCUT2D eigenvalue weighted by atomic mass is 9.85. The molecule has 0 radical (unpaired) electrons. The lowest BCUT2D eigenvalue weighted by Gasteiger charge is -2.24. The number of carbonyl (C=O) groups excluding carboxylic acids is 1. The molecule has 30 heavy (non-hydrogen) atoms. The van der Waals surface area contributed by atoms with Gasteiger partial charge in [0.2, 0.25) is 5.91 Å². The van der Waals surface area contributed by atoms with Crippen molar-refractivity contribution in [1.82, 2.24) is 20.1 Å². The zero-order chi connectivity index (χ0) is 21.1. The van der Waals surface area contributed by atoms with E-state index >= 15 is 0 Å². The van der Waals surface area contributed by atoms with E-state index in [1.807, 2.05) is 16.7 Å². The molecule has 156 valence electrons. The number of nitrogens with zero attached hydrogens (tertiary/aromatic N) is 3. The van der Waals surface area contributed by atoms with Crippen molar-refractivity contribution in [1.29, 1.82) is 0 Å². The van der Waals surface area contributed by atoms with Crippen molar-refractivity contribution < 1.29 is 4.79 Å². The molecule has 2 aromatic carbocycles. The largest absolute Gasteiger partial charge is 0.349 e. The molecule has 1 fully saturated rings. The van der Waals surface area contributed by atoms with Crippen LogP contribution in [0.3, 0.4) is 0 Å². The third kappa shape index (κ3) is 4.82. The lowest BCUT2D eigenvalue weighted by Crippen LogP contribution is -2.34. The minimum atomic E-state index is 0.0759. The second-order valence-electron chi connectivity index (χ2n) is 7.45. The Morgan fingerprint density at radius 2 is 2.03 bits per heavy atom. The Balaban J connectivity index is 1.60. The van der Waals surface area contributed by atoms with E-state index in [0.717, 1.165) is 30.7 Å². The van der Waals surface area contributed by atoms with Crippen LogP contribution in [0.1, 0.15) is 36.2 Å². The Labute approximate surface area is 190 Å². The van der Waals surface area contributed by atoms with Gasteiger partial charge in [0, 0.05) is 16.7 Å². The van der Waals surface area contributed by atoms with Crippen molar-refractivity contribution in [3.8, 4) is 5.69 Å². The first-order valence-electron chi connectivity index (χ1n) is 9.87. The molecule has 5 nitrogen and oxygen atoms in total. The fourth-order valence-corrected chi connectivity index (χ4v) is 4.74. The average molecular weight is 461 g/mol. The molecule has 1 saturated carbocycles. The van der Waals surface area contributed by atoms with Crippen LogP contribution >= 0.6 is 35.0 Å². The van der Waals surface area contributed by atoms with Gasteiger partial charge in [-0.1, -0.05) is 71.2 Å². The summed E-state index contributed by atoms with van der Waals surface area (Å²) in [7, 11) is 0. The minimum absolute atomic E-state index is 0.0759. The fourth-order valence-electron chi connectivity index (χ4n) is 3.34. The molecule has 0 saturated heterocycles. The van der Waals surface area contributed by atoms with Gasteiger partial charge in [-0.05, 0) is 43.5 Å². The highest BCUT2D eigenvalue weighted by molar-refractivity contribution is 7.98. The maximum atomic E-state index is 12.3. The van der Waals surface area contributed by atoms with E-state index in [2.05, 4.69) is 40.6 Å². The number of benzene rings is 2. The second kappa shape index (κ2) is 9.41. The van der Waals surface area contributed by atoms with Crippen molar-refractivity contribution in [2.45, 2.75) is 43.6 Å². The van der Waals surface area contributed by atoms with E-state index in [0.29, 0.717) is 27.6 Å². The number of thioether (sulfide) groups is 1. The first-order chi connectivity index (χ1) is 14.5. The topological polar surface area (TPSA) is 59.8 Å². The molecule has 0 bridgehead atoms. The number of hydrogen-bond acceptors (Lipinski definition) is 4. The van der Waals surface area contributed by atoms with Crippen LogP contribution in [-0.2, 0) is 17.1 Å². The van der Waals surface area contributed by atoms with Crippen LogP contribution in [0.4, 0.5) is 0 Å². The molecule has 3 aromatic rings. The molecular formula is C22H22Cl2N4OS. The number of halogens is 2. The van der Waals surface area contributed by atoms with Crippen LogP contribution in [0.15, 0.2) is 47.6 Å². The van der Waals surface area contributed by atoms with E-state index in [1.165, 1.54) is 11.1 Å². The summed E-state index contributed by atoms with van der Waals surface area (Å²) in [6, 6.07) is 13.7. The molecule has 1 aromatic heterocycles. The Morgan fingerprint density at radius 3 is 2.73 bits per heavy atom. The predicted octanol–water partition coefficient (Wildman–Crippen LogP) is 5.59. The Kier molecular flexibility index (Phi) is 6.66. The molecule has 1 heterocycles. The molecule has 8 heteroatoms. The van der Waals surface area contributed by atoms with E-state index < -0.39 is 0 Å². The first-order valence-corrected chi connectivity index (χ1v) is 11.6. The van der Waals surface area contributed by atoms with Crippen LogP contribution in [0.2, 0.25) is 10.0 Å². The standard InChI is InChI=1S/C22H22Cl2N4OS/c1-14-4-2-5-15(10-14)13-30-22-27-26-20(12-25-21(29)16-6-3-7-16)28(22)19-9-8-17(23)11-18(19)24/h2,4-5,8-11,16H,3,6-7,12-13H2,1H3,(H,25,29). The van der Waals surface area contributed by atoms with Gasteiger partial charge >= 0.3 is 0 Å². The summed E-state index contributed by atoms with van der Waals surface area (Å²) in [5.41, 5.74) is 3.16. The SMILES string of the molecule is Cc1cccc(CSc2nnc(CNC(=O)C3CCC3)n2-c2ccc(Cl)cc2Cl)c1. The molecule has 1 aliphatic carbocycles. The number of nitrogens with one attached hydrogen (secondary N) is 1. The van der Waals surface area contributed by atoms with Crippen molar-refractivity contribution in [2.24, 2.45) is 5.92 Å². The highest BCUT2D eigenvalue weighted by atomic mass is 35.5. The van der Waals surface area contributed by atoms with Crippen molar-refractivity contribution in [3.63, 3.8) is 0 Å². The molecule has 4 rings (SSSR count). The van der Waals surface area contributed by atoms with Gasteiger partial charge in [0.05, 0.1) is 17.3 Å². The number of amides is 1. The molecule has 0 atom stereocenters. The third-order valence-corrected chi connectivity index (χ3v) is 6.74. The normalized spacial score (nSPS) is 13.8. The zero-order valence-corrected chi connectivity index (χ0v) is 18.9. The number of aromatic nitrogens is 3. The van der Waals surface area contributed by atoms with E-state index in [4.69, 9.17) is 23.2 Å². The molecular weight excluding hydrogens is 439 g/mol.